The second-order valence-corrected chi connectivity index (χ2v) is 7.23. The molecular weight excluding hydrogens is 408 g/mol. The highest BCUT2D eigenvalue weighted by Crippen LogP contribution is 2.37. The molecule has 4 rings (SSSR count). The van der Waals surface area contributed by atoms with Crippen molar-refractivity contribution in [2.24, 2.45) is 0 Å². The van der Waals surface area contributed by atoms with Crippen LogP contribution in [0.5, 0.6) is 17.2 Å². The van der Waals surface area contributed by atoms with Crippen LogP contribution in [0, 0.1) is 0 Å². The van der Waals surface area contributed by atoms with E-state index < -0.39 is 6.10 Å². The summed E-state index contributed by atoms with van der Waals surface area (Å²) in [7, 11) is 3.00. The van der Waals surface area contributed by atoms with Crippen molar-refractivity contribution in [1.29, 1.82) is 0 Å². The molecule has 0 spiro atoms. The van der Waals surface area contributed by atoms with E-state index >= 15 is 0 Å². The van der Waals surface area contributed by atoms with E-state index in [-0.39, 0.29) is 23.9 Å². The molecule has 3 aromatic carbocycles. The maximum atomic E-state index is 13.6. The summed E-state index contributed by atoms with van der Waals surface area (Å²) in [6.45, 7) is 0.424. The number of carbonyl (C=O) groups excluding carboxylic acids is 2. The van der Waals surface area contributed by atoms with Gasteiger partial charge in [-0.05, 0) is 29.8 Å². The number of hydrogen-bond acceptors (Lipinski definition) is 5. The molecular formula is C25H24N2O5. The fourth-order valence-corrected chi connectivity index (χ4v) is 3.66. The van der Waals surface area contributed by atoms with E-state index in [1.807, 2.05) is 36.4 Å². The van der Waals surface area contributed by atoms with Crippen molar-refractivity contribution in [3.8, 4) is 17.2 Å². The predicted octanol–water partition coefficient (Wildman–Crippen LogP) is 3.43. The molecule has 7 nitrogen and oxygen atoms in total. The first-order chi connectivity index (χ1) is 15.6. The van der Waals surface area contributed by atoms with E-state index in [2.05, 4.69) is 5.32 Å². The van der Waals surface area contributed by atoms with Crippen LogP contribution in [0.15, 0.2) is 72.8 Å². The van der Waals surface area contributed by atoms with Crippen LogP contribution in [0.2, 0.25) is 0 Å². The van der Waals surface area contributed by atoms with Crippen LogP contribution in [-0.4, -0.2) is 38.7 Å². The highest BCUT2D eigenvalue weighted by atomic mass is 16.5. The lowest BCUT2D eigenvalue weighted by Crippen LogP contribution is -2.50. The van der Waals surface area contributed by atoms with Gasteiger partial charge in [0.25, 0.3) is 11.8 Å². The third-order valence-electron chi connectivity index (χ3n) is 5.26. The molecule has 32 heavy (non-hydrogen) atoms. The van der Waals surface area contributed by atoms with Crippen LogP contribution < -0.4 is 24.4 Å². The molecule has 3 aromatic rings. The van der Waals surface area contributed by atoms with Gasteiger partial charge in [-0.3, -0.25) is 9.59 Å². The Morgan fingerprint density at radius 1 is 0.938 bits per heavy atom. The van der Waals surface area contributed by atoms with Gasteiger partial charge >= 0.3 is 0 Å². The molecule has 0 aliphatic carbocycles. The Morgan fingerprint density at radius 3 is 2.28 bits per heavy atom. The van der Waals surface area contributed by atoms with Gasteiger partial charge in [0, 0.05) is 6.54 Å². The van der Waals surface area contributed by atoms with Crippen molar-refractivity contribution in [3.05, 3.63) is 83.9 Å². The summed E-state index contributed by atoms with van der Waals surface area (Å²) in [4.78, 5) is 28.1. The van der Waals surface area contributed by atoms with Crippen LogP contribution >= 0.6 is 0 Å². The molecule has 0 aromatic heterocycles. The van der Waals surface area contributed by atoms with Crippen LogP contribution in [-0.2, 0) is 11.3 Å². The fourth-order valence-electron chi connectivity index (χ4n) is 3.66. The van der Waals surface area contributed by atoms with Crippen molar-refractivity contribution in [2.75, 3.05) is 25.7 Å². The summed E-state index contributed by atoms with van der Waals surface area (Å²) in [5.41, 5.74) is 1.85. The molecule has 2 amide bonds. The summed E-state index contributed by atoms with van der Waals surface area (Å²) in [6, 6.07) is 21.9. The summed E-state index contributed by atoms with van der Waals surface area (Å²) in [5.74, 6) is 0.608. The molecule has 0 radical (unpaired) electrons. The molecule has 1 aliphatic rings. The van der Waals surface area contributed by atoms with E-state index in [9.17, 15) is 9.59 Å². The van der Waals surface area contributed by atoms with Crippen LogP contribution in [0.4, 0.5) is 5.69 Å². The lowest BCUT2D eigenvalue weighted by Gasteiger charge is -2.34. The first kappa shape index (κ1) is 21.2. The molecule has 0 unspecified atom stereocenters. The van der Waals surface area contributed by atoms with Crippen molar-refractivity contribution < 1.29 is 23.8 Å². The van der Waals surface area contributed by atoms with E-state index in [1.165, 1.54) is 19.1 Å². The Bertz CT molecular complexity index is 1090. The average Bonchev–Trinajstić information content (AvgIpc) is 2.86. The minimum atomic E-state index is -0.863. The highest BCUT2D eigenvalue weighted by Gasteiger charge is 2.36. The first-order valence-electron chi connectivity index (χ1n) is 10.2. The van der Waals surface area contributed by atoms with E-state index in [1.54, 1.807) is 36.4 Å². The summed E-state index contributed by atoms with van der Waals surface area (Å²) in [5, 5.41) is 2.89. The SMILES string of the molecule is COc1cccc(OC)c1C(=O)N1C[C@@H](C(=O)NCc2ccccc2)Oc2ccccc21. The molecule has 0 fully saturated rings. The van der Waals surface area contributed by atoms with Gasteiger partial charge in [0.2, 0.25) is 0 Å². The Kier molecular flexibility index (Phi) is 6.26. The molecule has 7 heteroatoms. The molecule has 1 atom stereocenters. The maximum Gasteiger partial charge on any atom is 0.266 e. The van der Waals surface area contributed by atoms with Crippen molar-refractivity contribution in [2.45, 2.75) is 12.6 Å². The van der Waals surface area contributed by atoms with Crippen molar-refractivity contribution in [1.82, 2.24) is 5.32 Å². The van der Waals surface area contributed by atoms with Crippen molar-refractivity contribution >= 4 is 17.5 Å². The Morgan fingerprint density at radius 2 is 1.59 bits per heavy atom. The second kappa shape index (κ2) is 9.43. The number of nitrogens with zero attached hydrogens (tertiary/aromatic N) is 1. The summed E-state index contributed by atoms with van der Waals surface area (Å²) < 4.78 is 16.8. The van der Waals surface area contributed by atoms with Crippen LogP contribution in [0.25, 0.3) is 0 Å². The minimum absolute atomic E-state index is 0.0532. The van der Waals surface area contributed by atoms with Gasteiger partial charge < -0.3 is 24.4 Å². The standard InChI is InChI=1S/C25H24N2O5/c1-30-20-13-8-14-21(31-2)23(20)25(29)27-16-22(32-19-12-7-6-11-18(19)27)24(28)26-15-17-9-4-3-5-10-17/h3-14,22H,15-16H2,1-2H3,(H,26,28)/t22-/m0/s1. The number of carbonyl (C=O) groups is 2. The lowest BCUT2D eigenvalue weighted by atomic mass is 10.1. The molecule has 1 N–H and O–H groups in total. The number of amides is 2. The molecule has 0 saturated heterocycles. The van der Waals surface area contributed by atoms with Crippen LogP contribution in [0.3, 0.4) is 0 Å². The Labute approximate surface area is 186 Å². The molecule has 1 heterocycles. The number of hydrogen-bond donors (Lipinski definition) is 1. The van der Waals surface area contributed by atoms with E-state index in [4.69, 9.17) is 14.2 Å². The van der Waals surface area contributed by atoms with E-state index in [0.717, 1.165) is 5.56 Å². The highest BCUT2D eigenvalue weighted by molar-refractivity contribution is 6.11. The van der Waals surface area contributed by atoms with Crippen molar-refractivity contribution in [3.63, 3.8) is 0 Å². The lowest BCUT2D eigenvalue weighted by molar-refractivity contribution is -0.127. The quantitative estimate of drug-likeness (QED) is 0.646. The van der Waals surface area contributed by atoms with Crippen LogP contribution in [0.1, 0.15) is 15.9 Å². The molecule has 1 aliphatic heterocycles. The fraction of sp³-hybridized carbons (Fsp3) is 0.200. The van der Waals surface area contributed by atoms with Gasteiger partial charge in [-0.15, -0.1) is 0 Å². The number of benzene rings is 3. The predicted molar refractivity (Wildman–Crippen MR) is 120 cm³/mol. The molecule has 0 bridgehead atoms. The molecule has 0 saturated carbocycles. The number of methoxy groups -OCH3 is 2. The van der Waals surface area contributed by atoms with Gasteiger partial charge in [0.05, 0.1) is 26.5 Å². The molecule has 164 valence electrons. The van der Waals surface area contributed by atoms with Gasteiger partial charge in [0.1, 0.15) is 22.8 Å². The smallest absolute Gasteiger partial charge is 0.266 e. The zero-order valence-electron chi connectivity index (χ0n) is 17.9. The zero-order chi connectivity index (χ0) is 22.5. The second-order valence-electron chi connectivity index (χ2n) is 7.23. The largest absolute Gasteiger partial charge is 0.496 e. The number of fused-ring (bicyclic) bond motifs is 1. The number of rotatable bonds is 6. The normalized spacial score (nSPS) is 14.7. The third kappa shape index (κ3) is 4.23. The summed E-state index contributed by atoms with van der Waals surface area (Å²) in [6.07, 6.45) is -0.863. The van der Waals surface area contributed by atoms with Gasteiger partial charge in [-0.1, -0.05) is 48.5 Å². The first-order valence-corrected chi connectivity index (χ1v) is 10.2. The zero-order valence-corrected chi connectivity index (χ0v) is 17.9. The topological polar surface area (TPSA) is 77.1 Å². The van der Waals surface area contributed by atoms with Gasteiger partial charge in [0.15, 0.2) is 6.10 Å². The number of ether oxygens (including phenoxy) is 3. The Balaban J connectivity index is 1.62. The maximum absolute atomic E-state index is 13.6. The Hall–Kier alpha value is -4.00. The van der Waals surface area contributed by atoms with E-state index in [0.29, 0.717) is 29.5 Å². The monoisotopic (exact) mass is 432 g/mol. The number of anilines is 1. The van der Waals surface area contributed by atoms with Gasteiger partial charge in [-0.2, -0.15) is 0 Å². The summed E-state index contributed by atoms with van der Waals surface area (Å²) >= 11 is 0. The average molecular weight is 432 g/mol. The van der Waals surface area contributed by atoms with Gasteiger partial charge in [-0.25, -0.2) is 0 Å². The minimum Gasteiger partial charge on any atom is -0.496 e. The number of para-hydroxylation sites is 2. The number of nitrogens with one attached hydrogen (secondary N) is 1. The third-order valence-corrected chi connectivity index (χ3v) is 5.26.